The van der Waals surface area contributed by atoms with Crippen LogP contribution in [0.4, 0.5) is 0 Å². The highest BCUT2D eigenvalue weighted by atomic mass is 16.3. The van der Waals surface area contributed by atoms with Crippen molar-refractivity contribution in [2.24, 2.45) is 17.8 Å². The van der Waals surface area contributed by atoms with Crippen molar-refractivity contribution in [1.82, 2.24) is 0 Å². The van der Waals surface area contributed by atoms with Crippen LogP contribution in [0.5, 0.6) is 0 Å². The standard InChI is InChI=1S/C11H22O/c1-8(2)9(3)10-6-4-5-7-11(10)12/h8-12H,4-7H2,1-3H3/t9?,10-,11+/m0/s1. The molecule has 1 rings (SSSR count). The highest BCUT2D eigenvalue weighted by molar-refractivity contribution is 4.79. The third-order valence-corrected chi connectivity index (χ3v) is 3.51. The van der Waals surface area contributed by atoms with Crippen LogP contribution in [0, 0.1) is 17.8 Å². The van der Waals surface area contributed by atoms with Gasteiger partial charge in [-0.25, -0.2) is 0 Å². The normalized spacial score (nSPS) is 33.8. The van der Waals surface area contributed by atoms with Gasteiger partial charge in [0.25, 0.3) is 0 Å². The number of hydrogen-bond donors (Lipinski definition) is 1. The van der Waals surface area contributed by atoms with Gasteiger partial charge < -0.3 is 5.11 Å². The van der Waals surface area contributed by atoms with Crippen molar-refractivity contribution in [1.29, 1.82) is 0 Å². The van der Waals surface area contributed by atoms with E-state index < -0.39 is 0 Å². The van der Waals surface area contributed by atoms with E-state index in [1.54, 1.807) is 0 Å². The Bertz CT molecular complexity index is 131. The molecule has 0 radical (unpaired) electrons. The summed E-state index contributed by atoms with van der Waals surface area (Å²) in [6.45, 7) is 6.79. The predicted molar refractivity (Wildman–Crippen MR) is 52.0 cm³/mol. The minimum atomic E-state index is -0.0175. The van der Waals surface area contributed by atoms with Gasteiger partial charge in [-0.15, -0.1) is 0 Å². The van der Waals surface area contributed by atoms with Crippen molar-refractivity contribution in [3.05, 3.63) is 0 Å². The fraction of sp³-hybridized carbons (Fsp3) is 1.00. The molecule has 0 aromatic heterocycles. The topological polar surface area (TPSA) is 20.2 Å². The van der Waals surface area contributed by atoms with E-state index >= 15 is 0 Å². The average Bonchev–Trinajstić information content (AvgIpc) is 2.04. The van der Waals surface area contributed by atoms with Gasteiger partial charge in [0.2, 0.25) is 0 Å². The van der Waals surface area contributed by atoms with E-state index in [0.717, 1.165) is 6.42 Å². The predicted octanol–water partition coefficient (Wildman–Crippen LogP) is 2.83. The van der Waals surface area contributed by atoms with Crippen LogP contribution in [0.3, 0.4) is 0 Å². The lowest BCUT2D eigenvalue weighted by molar-refractivity contribution is 0.0288. The number of aliphatic hydroxyl groups excluding tert-OH is 1. The van der Waals surface area contributed by atoms with Gasteiger partial charge in [-0.2, -0.15) is 0 Å². The molecule has 1 fully saturated rings. The molecule has 1 nitrogen and oxygen atoms in total. The first kappa shape index (κ1) is 10.0. The zero-order valence-corrected chi connectivity index (χ0v) is 8.59. The van der Waals surface area contributed by atoms with Crippen LogP contribution in [0.1, 0.15) is 46.5 Å². The maximum absolute atomic E-state index is 9.79. The molecule has 1 unspecified atom stereocenters. The van der Waals surface area contributed by atoms with Crippen LogP contribution in [-0.2, 0) is 0 Å². The molecule has 0 aliphatic heterocycles. The van der Waals surface area contributed by atoms with Gasteiger partial charge in [0.15, 0.2) is 0 Å². The van der Waals surface area contributed by atoms with Crippen LogP contribution < -0.4 is 0 Å². The third kappa shape index (κ3) is 2.22. The maximum Gasteiger partial charge on any atom is 0.0571 e. The monoisotopic (exact) mass is 170 g/mol. The minimum absolute atomic E-state index is 0.0175. The number of rotatable bonds is 2. The Kier molecular flexibility index (Phi) is 3.57. The van der Waals surface area contributed by atoms with Gasteiger partial charge in [0.1, 0.15) is 0 Å². The molecule has 0 spiro atoms. The molecule has 12 heavy (non-hydrogen) atoms. The molecule has 1 N–H and O–H groups in total. The van der Waals surface area contributed by atoms with Crippen molar-refractivity contribution in [3.63, 3.8) is 0 Å². The van der Waals surface area contributed by atoms with E-state index in [-0.39, 0.29) is 6.10 Å². The Morgan fingerprint density at radius 1 is 1.08 bits per heavy atom. The zero-order chi connectivity index (χ0) is 9.14. The highest BCUT2D eigenvalue weighted by Crippen LogP contribution is 2.33. The average molecular weight is 170 g/mol. The molecule has 1 saturated carbocycles. The molecule has 1 aliphatic carbocycles. The lowest BCUT2D eigenvalue weighted by Gasteiger charge is -2.34. The Labute approximate surface area is 76.2 Å². The van der Waals surface area contributed by atoms with Crippen molar-refractivity contribution in [2.75, 3.05) is 0 Å². The largest absolute Gasteiger partial charge is 0.393 e. The molecule has 1 heteroatoms. The fourth-order valence-electron chi connectivity index (χ4n) is 2.25. The van der Waals surface area contributed by atoms with Crippen molar-refractivity contribution in [2.45, 2.75) is 52.6 Å². The van der Waals surface area contributed by atoms with Gasteiger partial charge in [-0.1, -0.05) is 33.6 Å². The van der Waals surface area contributed by atoms with Gasteiger partial charge in [0, 0.05) is 0 Å². The summed E-state index contributed by atoms with van der Waals surface area (Å²) >= 11 is 0. The summed E-state index contributed by atoms with van der Waals surface area (Å²) in [4.78, 5) is 0. The van der Waals surface area contributed by atoms with E-state index in [0.29, 0.717) is 17.8 Å². The molecule has 0 saturated heterocycles. The van der Waals surface area contributed by atoms with Gasteiger partial charge in [-0.05, 0) is 30.6 Å². The summed E-state index contributed by atoms with van der Waals surface area (Å²) in [6.07, 6.45) is 4.79. The molecule has 0 aromatic rings. The molecule has 0 heterocycles. The Hall–Kier alpha value is -0.0400. The molecule has 0 bridgehead atoms. The second-order valence-corrected chi connectivity index (χ2v) is 4.62. The summed E-state index contributed by atoms with van der Waals surface area (Å²) in [7, 11) is 0. The molecule has 0 aromatic carbocycles. The number of hydrogen-bond acceptors (Lipinski definition) is 1. The van der Waals surface area contributed by atoms with E-state index in [1.165, 1.54) is 19.3 Å². The quantitative estimate of drug-likeness (QED) is 0.675. The summed E-state index contributed by atoms with van der Waals surface area (Å²) in [5, 5.41) is 9.79. The molecule has 0 amide bonds. The Morgan fingerprint density at radius 3 is 2.17 bits per heavy atom. The van der Waals surface area contributed by atoms with Crippen LogP contribution in [0.25, 0.3) is 0 Å². The van der Waals surface area contributed by atoms with Crippen molar-refractivity contribution in [3.8, 4) is 0 Å². The second kappa shape index (κ2) is 4.27. The SMILES string of the molecule is CC(C)C(C)[C@@H]1CCCC[C@H]1O. The van der Waals surface area contributed by atoms with Crippen LogP contribution >= 0.6 is 0 Å². The third-order valence-electron chi connectivity index (χ3n) is 3.51. The van der Waals surface area contributed by atoms with Crippen LogP contribution in [0.2, 0.25) is 0 Å². The van der Waals surface area contributed by atoms with E-state index in [2.05, 4.69) is 20.8 Å². The summed E-state index contributed by atoms with van der Waals surface area (Å²) in [5.74, 6) is 1.96. The number of aliphatic hydroxyl groups is 1. The van der Waals surface area contributed by atoms with Crippen molar-refractivity contribution < 1.29 is 5.11 Å². The first-order chi connectivity index (χ1) is 5.63. The second-order valence-electron chi connectivity index (χ2n) is 4.62. The van der Waals surface area contributed by atoms with E-state index in [4.69, 9.17) is 0 Å². The smallest absolute Gasteiger partial charge is 0.0571 e. The van der Waals surface area contributed by atoms with E-state index in [1.807, 2.05) is 0 Å². The first-order valence-corrected chi connectivity index (χ1v) is 5.31. The van der Waals surface area contributed by atoms with Crippen LogP contribution in [0.15, 0.2) is 0 Å². The molecular weight excluding hydrogens is 148 g/mol. The van der Waals surface area contributed by atoms with Gasteiger partial charge in [0.05, 0.1) is 6.10 Å². The molecule has 1 aliphatic rings. The maximum atomic E-state index is 9.79. The first-order valence-electron chi connectivity index (χ1n) is 5.31. The lowest BCUT2D eigenvalue weighted by Crippen LogP contribution is -2.31. The fourth-order valence-corrected chi connectivity index (χ4v) is 2.25. The zero-order valence-electron chi connectivity index (χ0n) is 8.59. The van der Waals surface area contributed by atoms with E-state index in [9.17, 15) is 5.11 Å². The Balaban J connectivity index is 2.47. The molecule has 72 valence electrons. The molecule has 3 atom stereocenters. The lowest BCUT2D eigenvalue weighted by atomic mass is 9.74. The van der Waals surface area contributed by atoms with Crippen molar-refractivity contribution >= 4 is 0 Å². The summed E-state index contributed by atoms with van der Waals surface area (Å²) in [5.41, 5.74) is 0. The van der Waals surface area contributed by atoms with Gasteiger partial charge in [-0.3, -0.25) is 0 Å². The summed E-state index contributed by atoms with van der Waals surface area (Å²) in [6, 6.07) is 0. The molecular formula is C11H22O. The minimum Gasteiger partial charge on any atom is -0.393 e. The highest BCUT2D eigenvalue weighted by Gasteiger charge is 2.29. The van der Waals surface area contributed by atoms with Gasteiger partial charge >= 0.3 is 0 Å². The summed E-state index contributed by atoms with van der Waals surface area (Å²) < 4.78 is 0. The Morgan fingerprint density at radius 2 is 1.67 bits per heavy atom. The van der Waals surface area contributed by atoms with Crippen LogP contribution in [-0.4, -0.2) is 11.2 Å².